The summed E-state index contributed by atoms with van der Waals surface area (Å²) in [5.74, 6) is 0.846. The SMILES string of the molecule is CCOCCCNC(=NC)NC(C)(C)C. The third-order valence-corrected chi connectivity index (χ3v) is 1.68. The molecule has 0 aromatic rings. The van der Waals surface area contributed by atoms with Crippen LogP contribution < -0.4 is 10.6 Å². The summed E-state index contributed by atoms with van der Waals surface area (Å²) in [5, 5.41) is 6.54. The van der Waals surface area contributed by atoms with Crippen molar-refractivity contribution in [1.82, 2.24) is 10.6 Å². The van der Waals surface area contributed by atoms with Crippen molar-refractivity contribution in [3.63, 3.8) is 0 Å². The largest absolute Gasteiger partial charge is 0.382 e. The molecule has 2 N–H and O–H groups in total. The Hall–Kier alpha value is -0.770. The Labute approximate surface area is 93.5 Å². The summed E-state index contributed by atoms with van der Waals surface area (Å²) >= 11 is 0. The highest BCUT2D eigenvalue weighted by Gasteiger charge is 2.10. The zero-order valence-corrected chi connectivity index (χ0v) is 10.7. The van der Waals surface area contributed by atoms with Crippen LogP contribution in [0.3, 0.4) is 0 Å². The van der Waals surface area contributed by atoms with Crippen LogP contribution in [-0.4, -0.2) is 38.3 Å². The summed E-state index contributed by atoms with van der Waals surface area (Å²) in [6.07, 6.45) is 0.999. The van der Waals surface area contributed by atoms with Crippen molar-refractivity contribution in [3.05, 3.63) is 0 Å². The first kappa shape index (κ1) is 14.2. The number of guanidine groups is 1. The van der Waals surface area contributed by atoms with Gasteiger partial charge < -0.3 is 15.4 Å². The molecular formula is C11H25N3O. The highest BCUT2D eigenvalue weighted by atomic mass is 16.5. The fourth-order valence-corrected chi connectivity index (χ4v) is 1.06. The lowest BCUT2D eigenvalue weighted by atomic mass is 10.1. The summed E-state index contributed by atoms with van der Waals surface area (Å²) in [6.45, 7) is 10.8. The number of nitrogens with zero attached hydrogens (tertiary/aromatic N) is 1. The Kier molecular flexibility index (Phi) is 7.13. The molecule has 4 nitrogen and oxygen atoms in total. The Morgan fingerprint density at radius 2 is 2.00 bits per heavy atom. The molecule has 0 aliphatic heterocycles. The van der Waals surface area contributed by atoms with Crippen LogP contribution >= 0.6 is 0 Å². The van der Waals surface area contributed by atoms with Gasteiger partial charge in [0.2, 0.25) is 0 Å². The minimum Gasteiger partial charge on any atom is -0.382 e. The lowest BCUT2D eigenvalue weighted by molar-refractivity contribution is 0.145. The van der Waals surface area contributed by atoms with E-state index in [1.165, 1.54) is 0 Å². The number of ether oxygens (including phenoxy) is 1. The van der Waals surface area contributed by atoms with Crippen molar-refractivity contribution in [2.24, 2.45) is 4.99 Å². The van der Waals surface area contributed by atoms with E-state index < -0.39 is 0 Å². The van der Waals surface area contributed by atoms with Crippen molar-refractivity contribution in [3.8, 4) is 0 Å². The molecule has 0 rings (SSSR count). The molecule has 0 heterocycles. The first-order valence-electron chi connectivity index (χ1n) is 5.56. The van der Waals surface area contributed by atoms with E-state index in [1.54, 1.807) is 7.05 Å². The molecule has 0 aliphatic carbocycles. The van der Waals surface area contributed by atoms with E-state index in [0.717, 1.165) is 32.1 Å². The molecular weight excluding hydrogens is 190 g/mol. The fraction of sp³-hybridized carbons (Fsp3) is 0.909. The van der Waals surface area contributed by atoms with E-state index in [1.807, 2.05) is 6.92 Å². The van der Waals surface area contributed by atoms with Gasteiger partial charge in [-0.25, -0.2) is 0 Å². The minimum atomic E-state index is 0.0434. The monoisotopic (exact) mass is 215 g/mol. The van der Waals surface area contributed by atoms with Gasteiger partial charge in [0.25, 0.3) is 0 Å². The maximum Gasteiger partial charge on any atom is 0.191 e. The van der Waals surface area contributed by atoms with Gasteiger partial charge in [0.05, 0.1) is 0 Å². The Bertz CT molecular complexity index is 185. The number of aliphatic imine (C=N–C) groups is 1. The normalized spacial score (nSPS) is 12.7. The van der Waals surface area contributed by atoms with Crippen LogP contribution in [0.1, 0.15) is 34.1 Å². The molecule has 0 amide bonds. The lowest BCUT2D eigenvalue weighted by Gasteiger charge is -2.23. The van der Waals surface area contributed by atoms with Crippen LogP contribution in [0.15, 0.2) is 4.99 Å². The third kappa shape index (κ3) is 9.53. The summed E-state index contributed by atoms with van der Waals surface area (Å²) in [7, 11) is 1.78. The number of hydrogen-bond donors (Lipinski definition) is 2. The average Bonchev–Trinajstić information content (AvgIpc) is 2.14. The van der Waals surface area contributed by atoms with Gasteiger partial charge in [0.15, 0.2) is 5.96 Å². The highest BCUT2D eigenvalue weighted by molar-refractivity contribution is 5.80. The molecule has 0 aromatic heterocycles. The molecule has 0 aromatic carbocycles. The fourth-order valence-electron chi connectivity index (χ4n) is 1.06. The smallest absolute Gasteiger partial charge is 0.191 e. The lowest BCUT2D eigenvalue weighted by Crippen LogP contribution is -2.47. The predicted octanol–water partition coefficient (Wildman–Crippen LogP) is 1.38. The highest BCUT2D eigenvalue weighted by Crippen LogP contribution is 1.97. The second kappa shape index (κ2) is 7.51. The molecule has 0 atom stereocenters. The van der Waals surface area contributed by atoms with Gasteiger partial charge in [-0.05, 0) is 34.1 Å². The summed E-state index contributed by atoms with van der Waals surface area (Å²) < 4.78 is 5.25. The van der Waals surface area contributed by atoms with Gasteiger partial charge in [-0.15, -0.1) is 0 Å². The van der Waals surface area contributed by atoms with Gasteiger partial charge >= 0.3 is 0 Å². The van der Waals surface area contributed by atoms with Gasteiger partial charge in [-0.3, -0.25) is 4.99 Å². The number of hydrogen-bond acceptors (Lipinski definition) is 2. The molecule has 90 valence electrons. The van der Waals surface area contributed by atoms with E-state index in [9.17, 15) is 0 Å². The minimum absolute atomic E-state index is 0.0434. The summed E-state index contributed by atoms with van der Waals surface area (Å²) in [6, 6.07) is 0. The maximum absolute atomic E-state index is 5.25. The van der Waals surface area contributed by atoms with Gasteiger partial charge in [-0.1, -0.05) is 0 Å². The molecule has 15 heavy (non-hydrogen) atoms. The van der Waals surface area contributed by atoms with Gasteiger partial charge in [0.1, 0.15) is 0 Å². The Balaban J connectivity index is 3.64. The molecule has 0 spiro atoms. The van der Waals surface area contributed by atoms with Crippen LogP contribution in [0.2, 0.25) is 0 Å². The van der Waals surface area contributed by atoms with Gasteiger partial charge in [0, 0.05) is 32.3 Å². The van der Waals surface area contributed by atoms with Crippen LogP contribution in [0.25, 0.3) is 0 Å². The average molecular weight is 215 g/mol. The second-order valence-corrected chi connectivity index (χ2v) is 4.42. The molecule has 0 aliphatic rings. The molecule has 0 saturated heterocycles. The van der Waals surface area contributed by atoms with Crippen LogP contribution in [0, 0.1) is 0 Å². The maximum atomic E-state index is 5.25. The van der Waals surface area contributed by atoms with Crippen LogP contribution in [0.4, 0.5) is 0 Å². The molecule has 0 fully saturated rings. The topological polar surface area (TPSA) is 45.6 Å². The summed E-state index contributed by atoms with van der Waals surface area (Å²) in [4.78, 5) is 4.14. The van der Waals surface area contributed by atoms with E-state index in [4.69, 9.17) is 4.74 Å². The van der Waals surface area contributed by atoms with E-state index in [0.29, 0.717) is 0 Å². The van der Waals surface area contributed by atoms with E-state index in [-0.39, 0.29) is 5.54 Å². The quantitative estimate of drug-likeness (QED) is 0.414. The first-order valence-corrected chi connectivity index (χ1v) is 5.56. The van der Waals surface area contributed by atoms with Crippen molar-refractivity contribution in [2.45, 2.75) is 39.7 Å². The summed E-state index contributed by atoms with van der Waals surface area (Å²) in [5.41, 5.74) is 0.0434. The molecule has 0 saturated carbocycles. The molecule has 0 unspecified atom stereocenters. The van der Waals surface area contributed by atoms with Crippen molar-refractivity contribution < 1.29 is 4.74 Å². The zero-order valence-electron chi connectivity index (χ0n) is 10.7. The van der Waals surface area contributed by atoms with E-state index >= 15 is 0 Å². The Morgan fingerprint density at radius 3 is 2.47 bits per heavy atom. The molecule has 0 bridgehead atoms. The van der Waals surface area contributed by atoms with Crippen molar-refractivity contribution in [2.75, 3.05) is 26.8 Å². The standard InChI is InChI=1S/C11H25N3O/c1-6-15-9-7-8-13-10(12-5)14-11(2,3)4/h6-9H2,1-5H3,(H2,12,13,14). The van der Waals surface area contributed by atoms with E-state index in [2.05, 4.69) is 36.4 Å². The molecule has 0 radical (unpaired) electrons. The second-order valence-electron chi connectivity index (χ2n) is 4.42. The Morgan fingerprint density at radius 1 is 1.33 bits per heavy atom. The van der Waals surface area contributed by atoms with Crippen molar-refractivity contribution >= 4 is 5.96 Å². The number of rotatable bonds is 5. The zero-order chi connectivity index (χ0) is 11.7. The predicted molar refractivity (Wildman–Crippen MR) is 65.4 cm³/mol. The first-order chi connectivity index (χ1) is 6.99. The van der Waals surface area contributed by atoms with Crippen molar-refractivity contribution in [1.29, 1.82) is 0 Å². The van der Waals surface area contributed by atoms with Crippen LogP contribution in [0.5, 0.6) is 0 Å². The number of nitrogens with one attached hydrogen (secondary N) is 2. The third-order valence-electron chi connectivity index (χ3n) is 1.68. The van der Waals surface area contributed by atoms with Crippen LogP contribution in [-0.2, 0) is 4.74 Å². The van der Waals surface area contributed by atoms with Gasteiger partial charge in [-0.2, -0.15) is 0 Å². The molecule has 4 heteroatoms.